The molecule has 0 aliphatic rings. The van der Waals surface area contributed by atoms with Crippen LogP contribution in [0.2, 0.25) is 0 Å². The Balaban J connectivity index is 3.48. The van der Waals surface area contributed by atoms with E-state index >= 15 is 0 Å². The van der Waals surface area contributed by atoms with Crippen LogP contribution in [0.3, 0.4) is 0 Å². The predicted octanol–water partition coefficient (Wildman–Crippen LogP) is 4.12. The first-order chi connectivity index (χ1) is 9.06. The van der Waals surface area contributed by atoms with Gasteiger partial charge in [-0.05, 0) is 49.1 Å². The molecule has 2 nitrogen and oxygen atoms in total. The molecular formula is C17H24N2. The van der Waals surface area contributed by atoms with Crippen molar-refractivity contribution >= 4 is 11.3 Å². The third kappa shape index (κ3) is 3.28. The molecule has 2 N–H and O–H groups in total. The molecule has 0 aliphatic carbocycles. The zero-order valence-electron chi connectivity index (χ0n) is 12.6. The lowest BCUT2D eigenvalue weighted by atomic mass is 9.94. The Kier molecular flexibility index (Phi) is 5.43. The van der Waals surface area contributed by atoms with Gasteiger partial charge in [0.25, 0.3) is 0 Å². The van der Waals surface area contributed by atoms with Crippen molar-refractivity contribution in [1.82, 2.24) is 5.32 Å². The van der Waals surface area contributed by atoms with Crippen LogP contribution in [0.5, 0.6) is 0 Å². The van der Waals surface area contributed by atoms with Gasteiger partial charge in [0, 0.05) is 25.5 Å². The maximum Gasteiger partial charge on any atom is 0.0373 e. The lowest BCUT2D eigenvalue weighted by Gasteiger charge is -2.16. The van der Waals surface area contributed by atoms with Crippen molar-refractivity contribution in [2.24, 2.45) is 0 Å². The van der Waals surface area contributed by atoms with E-state index in [9.17, 15) is 0 Å². The summed E-state index contributed by atoms with van der Waals surface area (Å²) < 4.78 is 0. The Bertz CT molecular complexity index is 522. The highest BCUT2D eigenvalue weighted by atomic mass is 14.8. The number of nitrogens with one attached hydrogen (secondary N) is 2. The predicted molar refractivity (Wildman–Crippen MR) is 86.3 cm³/mol. The lowest BCUT2D eigenvalue weighted by Crippen LogP contribution is -2.07. The average Bonchev–Trinajstić information content (AvgIpc) is 2.44. The van der Waals surface area contributed by atoms with E-state index in [4.69, 9.17) is 0 Å². The molecule has 0 heterocycles. The summed E-state index contributed by atoms with van der Waals surface area (Å²) in [5.41, 5.74) is 6.96. The second-order valence-corrected chi connectivity index (χ2v) is 4.50. The molecule has 0 aromatic heterocycles. The molecule has 19 heavy (non-hydrogen) atoms. The van der Waals surface area contributed by atoms with Gasteiger partial charge in [-0.3, -0.25) is 0 Å². The lowest BCUT2D eigenvalue weighted by molar-refractivity contribution is 1.01. The summed E-state index contributed by atoms with van der Waals surface area (Å²) in [6.45, 7) is 10.3. The second kappa shape index (κ2) is 6.83. The molecule has 0 radical (unpaired) electrons. The molecule has 0 atom stereocenters. The molecule has 2 heteroatoms. The fourth-order valence-corrected chi connectivity index (χ4v) is 2.13. The van der Waals surface area contributed by atoms with E-state index < -0.39 is 0 Å². The minimum absolute atomic E-state index is 0.947. The summed E-state index contributed by atoms with van der Waals surface area (Å²) in [6.07, 6.45) is 4.20. The monoisotopic (exact) mass is 256 g/mol. The third-order valence-electron chi connectivity index (χ3n) is 3.39. The molecule has 0 fully saturated rings. The van der Waals surface area contributed by atoms with Gasteiger partial charge in [0.05, 0.1) is 0 Å². The van der Waals surface area contributed by atoms with E-state index in [-0.39, 0.29) is 0 Å². The van der Waals surface area contributed by atoms with Crippen molar-refractivity contribution in [2.75, 3.05) is 19.4 Å². The molecule has 0 saturated carbocycles. The first-order valence-electron chi connectivity index (χ1n) is 6.55. The smallest absolute Gasteiger partial charge is 0.0373 e. The highest BCUT2D eigenvalue weighted by molar-refractivity contribution is 5.82. The van der Waals surface area contributed by atoms with Gasteiger partial charge in [0.1, 0.15) is 0 Å². The largest absolute Gasteiger partial charge is 0.388 e. The first kappa shape index (κ1) is 15.1. The Morgan fingerprint density at radius 2 is 1.95 bits per heavy atom. The molecule has 1 aromatic carbocycles. The van der Waals surface area contributed by atoms with Gasteiger partial charge in [-0.1, -0.05) is 30.9 Å². The van der Waals surface area contributed by atoms with Crippen LogP contribution in [-0.2, 0) is 0 Å². The van der Waals surface area contributed by atoms with E-state index in [1.165, 1.54) is 16.7 Å². The number of hydrogen-bond acceptors (Lipinski definition) is 2. The Morgan fingerprint density at radius 1 is 1.26 bits per heavy atom. The van der Waals surface area contributed by atoms with Crippen LogP contribution >= 0.6 is 0 Å². The minimum atomic E-state index is 0.947. The zero-order chi connectivity index (χ0) is 14.4. The number of likely N-dealkylation sites (N-methyl/N-ethyl adjacent to an activating group) is 1. The molecule has 0 amide bonds. The highest BCUT2D eigenvalue weighted by Crippen LogP contribution is 2.29. The quantitative estimate of drug-likeness (QED) is 0.774. The maximum atomic E-state index is 4.06. The van der Waals surface area contributed by atoms with Crippen LogP contribution in [0.4, 0.5) is 5.69 Å². The van der Waals surface area contributed by atoms with Crippen molar-refractivity contribution in [2.45, 2.75) is 20.8 Å². The Labute approximate surface area is 116 Å². The van der Waals surface area contributed by atoms with Gasteiger partial charge in [-0.15, -0.1) is 0 Å². The van der Waals surface area contributed by atoms with E-state index in [0.717, 1.165) is 17.0 Å². The molecule has 102 valence electrons. The molecule has 0 unspecified atom stereocenters. The Morgan fingerprint density at radius 3 is 2.47 bits per heavy atom. The topological polar surface area (TPSA) is 24.1 Å². The molecule has 1 rings (SSSR count). The summed E-state index contributed by atoms with van der Waals surface area (Å²) in [5.74, 6) is 0. The highest BCUT2D eigenvalue weighted by Gasteiger charge is 2.09. The molecule has 0 spiro atoms. The van der Waals surface area contributed by atoms with Gasteiger partial charge in [-0.2, -0.15) is 0 Å². The molecule has 1 aromatic rings. The van der Waals surface area contributed by atoms with Crippen LogP contribution in [0.15, 0.2) is 48.2 Å². The van der Waals surface area contributed by atoms with Crippen LogP contribution in [-0.4, -0.2) is 14.1 Å². The summed E-state index contributed by atoms with van der Waals surface area (Å²) in [6, 6.07) is 6.32. The van der Waals surface area contributed by atoms with E-state index in [1.807, 2.05) is 21.0 Å². The van der Waals surface area contributed by atoms with Crippen LogP contribution in [0, 0.1) is 6.92 Å². The summed E-state index contributed by atoms with van der Waals surface area (Å²) >= 11 is 0. The van der Waals surface area contributed by atoms with Crippen molar-refractivity contribution in [3.8, 4) is 0 Å². The fourth-order valence-electron chi connectivity index (χ4n) is 2.13. The van der Waals surface area contributed by atoms with Crippen molar-refractivity contribution in [3.05, 3.63) is 59.3 Å². The van der Waals surface area contributed by atoms with Gasteiger partial charge in [-0.25, -0.2) is 0 Å². The van der Waals surface area contributed by atoms with Crippen LogP contribution in [0.1, 0.15) is 25.0 Å². The summed E-state index contributed by atoms with van der Waals surface area (Å²) in [4.78, 5) is 0. The molecular weight excluding hydrogens is 232 g/mol. The molecule has 0 aliphatic heterocycles. The summed E-state index contributed by atoms with van der Waals surface area (Å²) in [7, 11) is 3.85. The maximum absolute atomic E-state index is 4.06. The van der Waals surface area contributed by atoms with Crippen LogP contribution in [0.25, 0.3) is 5.57 Å². The van der Waals surface area contributed by atoms with E-state index in [2.05, 4.69) is 61.4 Å². The SMILES string of the molecule is C=C(NC)/C(C)=C(\C=C/C)c1cccc(NC)c1C. The van der Waals surface area contributed by atoms with Crippen molar-refractivity contribution in [1.29, 1.82) is 0 Å². The average molecular weight is 256 g/mol. The first-order valence-corrected chi connectivity index (χ1v) is 6.55. The number of benzene rings is 1. The molecule has 0 bridgehead atoms. The van der Waals surface area contributed by atoms with E-state index in [1.54, 1.807) is 0 Å². The second-order valence-electron chi connectivity index (χ2n) is 4.50. The van der Waals surface area contributed by atoms with Gasteiger partial charge < -0.3 is 10.6 Å². The number of hydrogen-bond donors (Lipinski definition) is 2. The molecule has 0 saturated heterocycles. The number of anilines is 1. The Hall–Kier alpha value is -1.96. The third-order valence-corrected chi connectivity index (χ3v) is 3.39. The number of rotatable bonds is 5. The van der Waals surface area contributed by atoms with Gasteiger partial charge >= 0.3 is 0 Å². The normalized spacial score (nSPS) is 12.3. The minimum Gasteiger partial charge on any atom is -0.388 e. The van der Waals surface area contributed by atoms with Crippen molar-refractivity contribution in [3.63, 3.8) is 0 Å². The fraction of sp³-hybridized carbons (Fsp3) is 0.294. The van der Waals surface area contributed by atoms with Crippen LogP contribution < -0.4 is 10.6 Å². The summed E-state index contributed by atoms with van der Waals surface area (Å²) in [5, 5.41) is 6.35. The van der Waals surface area contributed by atoms with E-state index in [0.29, 0.717) is 0 Å². The standard InChI is InChI=1S/C17H24N2/c1-7-9-15(12(2)14(4)18-5)16-10-8-11-17(19-6)13(16)3/h7-11,18-19H,4H2,1-3,5-6H3/b9-7-,15-12+. The zero-order valence-corrected chi connectivity index (χ0v) is 12.6. The number of allylic oxidation sites excluding steroid dienone is 4. The van der Waals surface area contributed by atoms with Gasteiger partial charge in [0.2, 0.25) is 0 Å². The van der Waals surface area contributed by atoms with Crippen molar-refractivity contribution < 1.29 is 0 Å². The van der Waals surface area contributed by atoms with Gasteiger partial charge in [0.15, 0.2) is 0 Å².